The number of carbonyl (C=O) groups is 4. The molecule has 4 aromatic rings. The van der Waals surface area contributed by atoms with E-state index in [1.54, 1.807) is 51.1 Å². The van der Waals surface area contributed by atoms with Gasteiger partial charge >= 0.3 is 6.09 Å². The maximum absolute atomic E-state index is 14.1. The van der Waals surface area contributed by atoms with E-state index in [4.69, 9.17) is 9.47 Å². The van der Waals surface area contributed by atoms with Crippen LogP contribution in [-0.4, -0.2) is 82.6 Å². The second-order valence-electron chi connectivity index (χ2n) is 17.2. The molecule has 0 spiro atoms. The van der Waals surface area contributed by atoms with Crippen molar-refractivity contribution in [2.24, 2.45) is 4.99 Å². The lowest BCUT2D eigenvalue weighted by atomic mass is 9.94. The number of carbonyl (C=O) groups excluding carboxylic acids is 4. The van der Waals surface area contributed by atoms with Crippen LogP contribution in [0.5, 0.6) is 5.75 Å². The van der Waals surface area contributed by atoms with Crippen molar-refractivity contribution in [1.29, 1.82) is 0 Å². The summed E-state index contributed by atoms with van der Waals surface area (Å²) in [6.07, 6.45) is 1.72. The van der Waals surface area contributed by atoms with E-state index in [-0.39, 0.29) is 55.7 Å². The first kappa shape index (κ1) is 48.8. The highest BCUT2D eigenvalue weighted by Gasteiger charge is 2.37. The minimum atomic E-state index is -4.11. The first-order valence-electron chi connectivity index (χ1n) is 22.2. The number of hydrogen-bond acceptors (Lipinski definition) is 9. The van der Waals surface area contributed by atoms with E-state index in [2.05, 4.69) is 42.9 Å². The maximum Gasteiger partial charge on any atom is 0.407 e. The lowest BCUT2D eigenvalue weighted by Gasteiger charge is -2.25. The van der Waals surface area contributed by atoms with Gasteiger partial charge in [-0.25, -0.2) is 17.9 Å². The van der Waals surface area contributed by atoms with Crippen LogP contribution in [0.4, 0.5) is 4.79 Å². The van der Waals surface area contributed by atoms with Crippen LogP contribution in [0.25, 0.3) is 11.1 Å². The van der Waals surface area contributed by atoms with Crippen molar-refractivity contribution < 1.29 is 37.1 Å². The van der Waals surface area contributed by atoms with E-state index in [1.165, 1.54) is 13.1 Å². The number of ether oxygens (including phenoxy) is 2. The maximum atomic E-state index is 14.1. The molecule has 15 nitrogen and oxygen atoms in total. The number of amides is 4. The third kappa shape index (κ3) is 11.0. The minimum absolute atomic E-state index is 0.00842. The first-order chi connectivity index (χ1) is 31.5. The number of rotatable bonds is 18. The number of fused-ring (bicyclic) bond motifs is 4. The van der Waals surface area contributed by atoms with Crippen molar-refractivity contribution in [3.05, 3.63) is 130 Å². The van der Waals surface area contributed by atoms with E-state index < -0.39 is 57.6 Å². The van der Waals surface area contributed by atoms with Gasteiger partial charge in [-0.15, -0.1) is 6.58 Å². The molecule has 1 heterocycles. The smallest absolute Gasteiger partial charge is 0.407 e. The molecular formula is C50H61N7O8S. The molecule has 0 fully saturated rings. The number of nitrogens with zero attached hydrogens (tertiary/aromatic N) is 1. The Morgan fingerprint density at radius 1 is 0.833 bits per heavy atom. The van der Waals surface area contributed by atoms with Gasteiger partial charge in [0.25, 0.3) is 10.0 Å². The van der Waals surface area contributed by atoms with Crippen LogP contribution in [-0.2, 0) is 35.6 Å². The highest BCUT2D eigenvalue weighted by atomic mass is 32.2. The molecule has 1 aliphatic heterocycles. The van der Waals surface area contributed by atoms with Gasteiger partial charge in [0.15, 0.2) is 0 Å². The molecule has 3 atom stereocenters. The third-order valence-electron chi connectivity index (χ3n) is 12.1. The Balaban J connectivity index is 1.15. The fourth-order valence-corrected chi connectivity index (χ4v) is 10.2. The van der Waals surface area contributed by atoms with Crippen LogP contribution in [0.15, 0.2) is 101 Å². The fraction of sp³-hybridized carbons (Fsp3) is 0.380. The number of guanidine groups is 1. The first-order valence-corrected chi connectivity index (χ1v) is 23.7. The number of sulfonamides is 1. The van der Waals surface area contributed by atoms with Crippen LogP contribution < -0.4 is 36.0 Å². The topological polar surface area (TPSA) is 205 Å². The number of hydrogen-bond donors (Lipinski definition) is 6. The normalized spacial score (nSPS) is 15.1. The standard InChI is InChI=1S/C50H61N7O8S/c1-9-26-52-47(60)42(33-19-12-11-13-20-33)56-45(58)40(10-2)54-46(59)41(55-49(61)64-29-39-36-23-16-14-21-34(36)35-22-15-17-24-37(35)39)25-18-27-53-48(51-8)57-66(62,63)44-31(4)30(3)43-38(32(44)5)28-50(6,7)65-43/h9,11-17,19-24,39-42H,1,10,18,25-29H2,2-8H3,(H,52,60)(H,54,59)(H,55,61)(H,56,58)(H2,51,53,57)/t40-,41-,42+/m0/s1. The number of nitrogens with one attached hydrogen (secondary N) is 6. The zero-order valence-corrected chi connectivity index (χ0v) is 39.5. The second-order valence-corrected chi connectivity index (χ2v) is 18.8. The lowest BCUT2D eigenvalue weighted by Crippen LogP contribution is -2.55. The Labute approximate surface area is 387 Å². The molecule has 4 aromatic carbocycles. The molecule has 1 aliphatic carbocycles. The van der Waals surface area contributed by atoms with E-state index in [0.717, 1.165) is 39.1 Å². The molecule has 0 saturated carbocycles. The highest BCUT2D eigenvalue weighted by molar-refractivity contribution is 7.90. The Morgan fingerprint density at radius 2 is 1.45 bits per heavy atom. The molecule has 66 heavy (non-hydrogen) atoms. The van der Waals surface area contributed by atoms with E-state index >= 15 is 0 Å². The summed E-state index contributed by atoms with van der Waals surface area (Å²) in [4.78, 5) is 59.0. The second kappa shape index (κ2) is 21.1. The molecule has 0 saturated heterocycles. The zero-order chi connectivity index (χ0) is 47.8. The molecule has 0 unspecified atom stereocenters. The van der Waals surface area contributed by atoms with Crippen molar-refractivity contribution in [2.45, 2.75) is 102 Å². The van der Waals surface area contributed by atoms with Crippen LogP contribution in [0.2, 0.25) is 0 Å². The van der Waals surface area contributed by atoms with Gasteiger partial charge in [0, 0.05) is 38.0 Å². The Kier molecular flexibility index (Phi) is 15.6. The van der Waals surface area contributed by atoms with Crippen LogP contribution in [0.1, 0.15) is 90.9 Å². The summed E-state index contributed by atoms with van der Waals surface area (Å²) >= 11 is 0. The van der Waals surface area contributed by atoms with E-state index in [1.807, 2.05) is 69.3 Å². The third-order valence-corrected chi connectivity index (χ3v) is 13.7. The fourth-order valence-electron chi connectivity index (χ4n) is 8.64. The number of alkyl carbamates (subject to hydrolysis) is 1. The SMILES string of the molecule is C=CCNC(=O)[C@H](NC(=O)[C@H](CC)NC(=O)[C@H](CCCNC(=NC)NS(=O)(=O)c1c(C)c(C)c2c(c1C)CC(C)(C)O2)NC(=O)OCC1c2ccccc2-c2ccccc21)c1ccccc1. The zero-order valence-electron chi connectivity index (χ0n) is 38.7. The van der Waals surface area contributed by atoms with Gasteiger partial charge in [0.05, 0.1) is 4.90 Å². The van der Waals surface area contributed by atoms with Gasteiger partial charge in [-0.2, -0.15) is 0 Å². The molecular weight excluding hydrogens is 859 g/mol. The predicted molar refractivity (Wildman–Crippen MR) is 255 cm³/mol. The molecule has 0 radical (unpaired) electrons. The van der Waals surface area contributed by atoms with Crippen molar-refractivity contribution in [3.8, 4) is 16.9 Å². The van der Waals surface area contributed by atoms with Crippen molar-refractivity contribution in [3.63, 3.8) is 0 Å². The van der Waals surface area contributed by atoms with Crippen LogP contribution in [0, 0.1) is 20.8 Å². The minimum Gasteiger partial charge on any atom is -0.487 e. The molecule has 6 N–H and O–H groups in total. The van der Waals surface area contributed by atoms with Crippen molar-refractivity contribution in [1.82, 2.24) is 31.3 Å². The summed E-state index contributed by atoms with van der Waals surface area (Å²) in [5.41, 5.74) is 7.04. The van der Waals surface area contributed by atoms with Gasteiger partial charge in [0.2, 0.25) is 23.7 Å². The summed E-state index contributed by atoms with van der Waals surface area (Å²) in [5.74, 6) is -1.24. The lowest BCUT2D eigenvalue weighted by molar-refractivity contribution is -0.132. The highest BCUT2D eigenvalue weighted by Crippen LogP contribution is 2.45. The van der Waals surface area contributed by atoms with Gasteiger partial charge in [-0.05, 0) is 98.4 Å². The van der Waals surface area contributed by atoms with Crippen LogP contribution in [0.3, 0.4) is 0 Å². The van der Waals surface area contributed by atoms with Gasteiger partial charge < -0.3 is 36.1 Å². The number of aliphatic imine (C=N–C) groups is 1. The predicted octanol–water partition coefficient (Wildman–Crippen LogP) is 5.92. The molecule has 0 bridgehead atoms. The summed E-state index contributed by atoms with van der Waals surface area (Å²) in [6, 6.07) is 21.3. The average molecular weight is 920 g/mol. The average Bonchev–Trinajstić information content (AvgIpc) is 3.81. The van der Waals surface area contributed by atoms with Crippen molar-refractivity contribution >= 4 is 39.8 Å². The summed E-state index contributed by atoms with van der Waals surface area (Å²) in [6.45, 7) is 15.0. The summed E-state index contributed by atoms with van der Waals surface area (Å²) in [5, 5.41) is 14.0. The number of benzene rings is 4. The molecule has 16 heteroatoms. The Morgan fingerprint density at radius 3 is 2.08 bits per heavy atom. The molecule has 6 rings (SSSR count). The van der Waals surface area contributed by atoms with Gasteiger partial charge in [0.1, 0.15) is 36.1 Å². The Bertz CT molecular complexity index is 2570. The van der Waals surface area contributed by atoms with Gasteiger partial charge in [-0.3, -0.25) is 19.4 Å². The van der Waals surface area contributed by atoms with Gasteiger partial charge in [-0.1, -0.05) is 91.9 Å². The largest absolute Gasteiger partial charge is 0.487 e. The van der Waals surface area contributed by atoms with Crippen molar-refractivity contribution in [2.75, 3.05) is 26.7 Å². The molecule has 4 amide bonds. The molecule has 2 aliphatic rings. The van der Waals surface area contributed by atoms with E-state index in [0.29, 0.717) is 23.1 Å². The van der Waals surface area contributed by atoms with E-state index in [9.17, 15) is 27.6 Å². The quantitative estimate of drug-likeness (QED) is 0.0303. The van der Waals surface area contributed by atoms with Crippen LogP contribution >= 0.6 is 0 Å². The molecule has 0 aromatic heterocycles. The Hall–Kier alpha value is -6.68. The monoisotopic (exact) mass is 919 g/mol. The summed E-state index contributed by atoms with van der Waals surface area (Å²) < 4.78 is 42.5. The molecule has 350 valence electrons. The summed E-state index contributed by atoms with van der Waals surface area (Å²) in [7, 11) is -2.66.